The Kier molecular flexibility index (Phi) is 2.93. The summed E-state index contributed by atoms with van der Waals surface area (Å²) in [5.41, 5.74) is 0.462. The second-order valence-corrected chi connectivity index (χ2v) is 3.79. The quantitative estimate of drug-likeness (QED) is 0.842. The lowest BCUT2D eigenvalue weighted by Gasteiger charge is -2.21. The molecule has 2 rings (SSSR count). The van der Waals surface area contributed by atoms with Crippen LogP contribution in [0, 0.1) is 0 Å². The summed E-state index contributed by atoms with van der Waals surface area (Å²) < 4.78 is 9.95. The number of halogens is 1. The smallest absolute Gasteiger partial charge is 0.375 e. The van der Waals surface area contributed by atoms with Crippen molar-refractivity contribution in [3.63, 3.8) is 0 Å². The van der Waals surface area contributed by atoms with Crippen LogP contribution in [-0.2, 0) is 4.74 Å². The molecule has 1 N–H and O–H groups in total. The van der Waals surface area contributed by atoms with Gasteiger partial charge in [-0.3, -0.25) is 0 Å². The van der Waals surface area contributed by atoms with Crippen LogP contribution < -0.4 is 0 Å². The van der Waals surface area contributed by atoms with Crippen molar-refractivity contribution < 1.29 is 19.2 Å². The number of rotatable bonds is 2. The van der Waals surface area contributed by atoms with Crippen LogP contribution in [0.15, 0.2) is 4.52 Å². The van der Waals surface area contributed by atoms with Crippen molar-refractivity contribution in [2.24, 2.45) is 0 Å². The number of hydrogen-bond acceptors (Lipinski definition) is 4. The van der Waals surface area contributed by atoms with Crippen molar-refractivity contribution in [3.8, 4) is 0 Å². The minimum atomic E-state index is -1.14. The Morgan fingerprint density at radius 2 is 2.40 bits per heavy atom. The summed E-state index contributed by atoms with van der Waals surface area (Å²) in [7, 11) is 0. The van der Waals surface area contributed by atoms with Gasteiger partial charge in [0.05, 0.1) is 12.2 Å². The van der Waals surface area contributed by atoms with Crippen molar-refractivity contribution in [2.75, 3.05) is 13.2 Å². The van der Waals surface area contributed by atoms with Gasteiger partial charge < -0.3 is 14.4 Å². The molecule has 6 heteroatoms. The molecule has 0 aromatic carbocycles. The first kappa shape index (κ1) is 10.4. The van der Waals surface area contributed by atoms with E-state index in [1.54, 1.807) is 0 Å². The van der Waals surface area contributed by atoms with Gasteiger partial charge in [0, 0.05) is 12.5 Å². The Morgan fingerprint density at radius 1 is 1.60 bits per heavy atom. The molecule has 1 aromatic heterocycles. The first-order valence-electron chi connectivity index (χ1n) is 4.66. The molecule has 1 aliphatic rings. The minimum Gasteiger partial charge on any atom is -0.475 e. The molecule has 1 unspecified atom stereocenters. The number of carboxylic acid groups (broad SMARTS) is 1. The fourth-order valence-corrected chi connectivity index (χ4v) is 2.03. The molecule has 15 heavy (non-hydrogen) atoms. The normalized spacial score (nSPS) is 21.5. The van der Waals surface area contributed by atoms with Crippen molar-refractivity contribution in [2.45, 2.75) is 18.8 Å². The van der Waals surface area contributed by atoms with Gasteiger partial charge in [0.15, 0.2) is 5.15 Å². The van der Waals surface area contributed by atoms with Crippen LogP contribution in [0.3, 0.4) is 0 Å². The predicted molar refractivity (Wildman–Crippen MR) is 51.3 cm³/mol. The van der Waals surface area contributed by atoms with Gasteiger partial charge in [0.1, 0.15) is 0 Å². The maximum atomic E-state index is 10.8. The number of nitrogens with zero attached hydrogens (tertiary/aromatic N) is 1. The van der Waals surface area contributed by atoms with E-state index in [0.717, 1.165) is 12.8 Å². The molecule has 0 radical (unpaired) electrons. The third-order valence-corrected chi connectivity index (χ3v) is 2.72. The third-order valence-electron chi connectivity index (χ3n) is 2.45. The third kappa shape index (κ3) is 1.98. The maximum Gasteiger partial charge on any atom is 0.375 e. The average molecular weight is 232 g/mol. The highest BCUT2D eigenvalue weighted by Gasteiger charge is 2.29. The molecule has 1 saturated heterocycles. The highest BCUT2D eigenvalue weighted by molar-refractivity contribution is 6.30. The number of hydrogen-bond donors (Lipinski definition) is 1. The lowest BCUT2D eigenvalue weighted by atomic mass is 9.94. The monoisotopic (exact) mass is 231 g/mol. The van der Waals surface area contributed by atoms with E-state index in [2.05, 4.69) is 9.68 Å². The number of carbonyl (C=O) groups is 1. The summed E-state index contributed by atoms with van der Waals surface area (Å²) in [5.74, 6) is -1.34. The Hall–Kier alpha value is -1.07. The zero-order valence-corrected chi connectivity index (χ0v) is 8.66. The SMILES string of the molecule is O=C(O)c1onc(Cl)c1C1CCCOC1. The molecular formula is C9H10ClNO4. The topological polar surface area (TPSA) is 72.6 Å². The zero-order valence-electron chi connectivity index (χ0n) is 7.90. The molecule has 0 spiro atoms. The van der Waals surface area contributed by atoms with Crippen molar-refractivity contribution in [1.82, 2.24) is 5.16 Å². The Balaban J connectivity index is 2.32. The van der Waals surface area contributed by atoms with E-state index in [1.165, 1.54) is 0 Å². The number of aromatic nitrogens is 1. The van der Waals surface area contributed by atoms with E-state index >= 15 is 0 Å². The second-order valence-electron chi connectivity index (χ2n) is 3.44. The van der Waals surface area contributed by atoms with Gasteiger partial charge in [-0.25, -0.2) is 4.79 Å². The fourth-order valence-electron chi connectivity index (χ4n) is 1.75. The average Bonchev–Trinajstić information content (AvgIpc) is 2.61. The Bertz CT molecular complexity index is 370. The Morgan fingerprint density at radius 3 is 3.00 bits per heavy atom. The van der Waals surface area contributed by atoms with Gasteiger partial charge in [-0.2, -0.15) is 0 Å². The van der Waals surface area contributed by atoms with Crippen LogP contribution >= 0.6 is 11.6 Å². The van der Waals surface area contributed by atoms with Crippen molar-refractivity contribution >= 4 is 17.6 Å². The molecule has 2 heterocycles. The molecule has 1 aliphatic heterocycles. The molecule has 1 atom stereocenters. The van der Waals surface area contributed by atoms with Crippen LogP contribution in [0.2, 0.25) is 5.15 Å². The molecule has 1 aromatic rings. The van der Waals surface area contributed by atoms with Crippen LogP contribution in [0.5, 0.6) is 0 Å². The summed E-state index contributed by atoms with van der Waals surface area (Å²) in [6.45, 7) is 1.18. The van der Waals surface area contributed by atoms with E-state index < -0.39 is 5.97 Å². The summed E-state index contributed by atoms with van der Waals surface area (Å²) in [4.78, 5) is 10.8. The van der Waals surface area contributed by atoms with E-state index in [-0.39, 0.29) is 16.8 Å². The van der Waals surface area contributed by atoms with Crippen LogP contribution in [0.25, 0.3) is 0 Å². The number of carboxylic acids is 1. The molecule has 0 aliphatic carbocycles. The molecule has 82 valence electrons. The summed E-state index contributed by atoms with van der Waals surface area (Å²) in [6.07, 6.45) is 1.74. The molecule has 0 amide bonds. The second kappa shape index (κ2) is 4.20. The molecule has 0 bridgehead atoms. The van der Waals surface area contributed by atoms with Crippen molar-refractivity contribution in [3.05, 3.63) is 16.5 Å². The zero-order chi connectivity index (χ0) is 10.8. The highest BCUT2D eigenvalue weighted by Crippen LogP contribution is 2.33. The van der Waals surface area contributed by atoms with E-state index in [0.29, 0.717) is 18.8 Å². The molecule has 5 nitrogen and oxygen atoms in total. The van der Waals surface area contributed by atoms with Crippen LogP contribution in [0.1, 0.15) is 34.9 Å². The van der Waals surface area contributed by atoms with E-state index in [9.17, 15) is 4.79 Å². The first-order chi connectivity index (χ1) is 7.20. The standard InChI is InChI=1S/C9H10ClNO4/c10-8-6(5-2-1-3-14-4-5)7(9(12)13)15-11-8/h5H,1-4H2,(H,12,13). The summed E-state index contributed by atoms with van der Waals surface area (Å²) >= 11 is 5.80. The molecule has 1 fully saturated rings. The van der Waals surface area contributed by atoms with Gasteiger partial charge in [-0.15, -0.1) is 0 Å². The highest BCUT2D eigenvalue weighted by atomic mass is 35.5. The Labute approximate surface area is 91.0 Å². The van der Waals surface area contributed by atoms with Gasteiger partial charge in [-0.05, 0) is 12.8 Å². The number of ether oxygens (including phenoxy) is 1. The molecular weight excluding hydrogens is 222 g/mol. The summed E-state index contributed by atoms with van der Waals surface area (Å²) in [5, 5.41) is 12.5. The maximum absolute atomic E-state index is 10.8. The van der Waals surface area contributed by atoms with Gasteiger partial charge >= 0.3 is 5.97 Å². The lowest BCUT2D eigenvalue weighted by molar-refractivity contribution is 0.0635. The van der Waals surface area contributed by atoms with Gasteiger partial charge in [0.25, 0.3) is 0 Å². The van der Waals surface area contributed by atoms with Gasteiger partial charge in [-0.1, -0.05) is 16.8 Å². The fraction of sp³-hybridized carbons (Fsp3) is 0.556. The minimum absolute atomic E-state index is 0.0244. The van der Waals surface area contributed by atoms with E-state index in [1.807, 2.05) is 0 Å². The first-order valence-corrected chi connectivity index (χ1v) is 5.04. The summed E-state index contributed by atoms with van der Waals surface area (Å²) in [6, 6.07) is 0. The van der Waals surface area contributed by atoms with E-state index in [4.69, 9.17) is 21.4 Å². The number of aromatic carboxylic acids is 1. The lowest BCUT2D eigenvalue weighted by Crippen LogP contribution is -2.17. The van der Waals surface area contributed by atoms with Gasteiger partial charge in [0.2, 0.25) is 5.76 Å². The van der Waals surface area contributed by atoms with Crippen molar-refractivity contribution in [1.29, 1.82) is 0 Å². The van der Waals surface area contributed by atoms with Crippen LogP contribution in [0.4, 0.5) is 0 Å². The largest absolute Gasteiger partial charge is 0.475 e. The molecule has 0 saturated carbocycles. The van der Waals surface area contributed by atoms with Crippen LogP contribution in [-0.4, -0.2) is 29.4 Å². The predicted octanol–water partition coefficient (Wildman–Crippen LogP) is 1.92.